The highest BCUT2D eigenvalue weighted by atomic mass is 15.3. The van der Waals surface area contributed by atoms with Gasteiger partial charge in [-0.15, -0.1) is 0 Å². The van der Waals surface area contributed by atoms with Gasteiger partial charge in [-0.05, 0) is 38.0 Å². The van der Waals surface area contributed by atoms with Crippen molar-refractivity contribution in [2.45, 2.75) is 32.9 Å². The number of hydrogen-bond acceptors (Lipinski definition) is 3. The first-order valence-corrected chi connectivity index (χ1v) is 5.89. The molecular formula is C13H18N4. The van der Waals surface area contributed by atoms with Gasteiger partial charge in [0.1, 0.15) is 0 Å². The molecule has 0 spiro atoms. The molecule has 0 saturated carbocycles. The first-order chi connectivity index (χ1) is 8.19. The van der Waals surface area contributed by atoms with Crippen molar-refractivity contribution in [3.63, 3.8) is 0 Å². The molecule has 0 aliphatic heterocycles. The Hall–Kier alpha value is -1.68. The predicted molar refractivity (Wildman–Crippen MR) is 67.5 cm³/mol. The van der Waals surface area contributed by atoms with Crippen LogP contribution in [0, 0.1) is 6.92 Å². The molecular weight excluding hydrogens is 212 g/mol. The molecule has 0 radical (unpaired) electrons. The zero-order valence-electron chi connectivity index (χ0n) is 10.3. The molecule has 2 heterocycles. The van der Waals surface area contributed by atoms with Crippen molar-refractivity contribution in [1.82, 2.24) is 14.8 Å². The highest BCUT2D eigenvalue weighted by Crippen LogP contribution is 2.14. The standard InChI is InChI=1S/C13H18N4/c1-3-17-9-11(8-15-17)7-12(14)13-6-4-5-10(2)16-13/h4-6,8-9,12H,3,7,14H2,1-2H3. The molecule has 2 N–H and O–H groups in total. The van der Waals surface area contributed by atoms with Crippen molar-refractivity contribution in [2.24, 2.45) is 5.73 Å². The van der Waals surface area contributed by atoms with Crippen LogP contribution in [0.15, 0.2) is 30.6 Å². The molecule has 2 aromatic rings. The molecule has 0 aliphatic carbocycles. The third-order valence-electron chi connectivity index (χ3n) is 2.76. The lowest BCUT2D eigenvalue weighted by atomic mass is 10.1. The van der Waals surface area contributed by atoms with E-state index in [-0.39, 0.29) is 6.04 Å². The summed E-state index contributed by atoms with van der Waals surface area (Å²) in [5, 5.41) is 4.24. The Labute approximate surface area is 101 Å². The van der Waals surface area contributed by atoms with Crippen molar-refractivity contribution < 1.29 is 0 Å². The average molecular weight is 230 g/mol. The lowest BCUT2D eigenvalue weighted by Gasteiger charge is -2.10. The number of aryl methyl sites for hydroxylation is 2. The third kappa shape index (κ3) is 2.91. The second-order valence-corrected chi connectivity index (χ2v) is 4.22. The van der Waals surface area contributed by atoms with E-state index in [1.54, 1.807) is 0 Å². The van der Waals surface area contributed by atoms with Crippen LogP contribution in [0.4, 0.5) is 0 Å². The molecule has 0 fully saturated rings. The molecule has 0 saturated heterocycles. The topological polar surface area (TPSA) is 56.7 Å². The Kier molecular flexibility index (Phi) is 3.54. The SMILES string of the molecule is CCn1cc(CC(N)c2cccc(C)n2)cn1. The van der Waals surface area contributed by atoms with Gasteiger partial charge in [-0.25, -0.2) is 0 Å². The summed E-state index contributed by atoms with van der Waals surface area (Å²) in [5.41, 5.74) is 9.24. The summed E-state index contributed by atoms with van der Waals surface area (Å²) in [7, 11) is 0. The van der Waals surface area contributed by atoms with Crippen LogP contribution in [-0.4, -0.2) is 14.8 Å². The summed E-state index contributed by atoms with van der Waals surface area (Å²) < 4.78 is 1.91. The number of nitrogens with two attached hydrogens (primary N) is 1. The minimum absolute atomic E-state index is 0.0654. The minimum atomic E-state index is -0.0654. The van der Waals surface area contributed by atoms with E-state index in [0.29, 0.717) is 0 Å². The minimum Gasteiger partial charge on any atom is -0.322 e. The molecule has 0 aliphatic rings. The summed E-state index contributed by atoms with van der Waals surface area (Å²) >= 11 is 0. The van der Waals surface area contributed by atoms with Gasteiger partial charge in [-0.3, -0.25) is 9.67 Å². The Morgan fingerprint density at radius 3 is 2.88 bits per heavy atom. The molecule has 0 amide bonds. The molecule has 4 heteroatoms. The lowest BCUT2D eigenvalue weighted by molar-refractivity contribution is 0.656. The van der Waals surface area contributed by atoms with E-state index < -0.39 is 0 Å². The number of rotatable bonds is 4. The second kappa shape index (κ2) is 5.10. The Bertz CT molecular complexity index is 490. The predicted octanol–water partition coefficient (Wildman–Crippen LogP) is 1.85. The molecule has 2 rings (SSSR count). The van der Waals surface area contributed by atoms with Gasteiger partial charge in [0.25, 0.3) is 0 Å². The van der Waals surface area contributed by atoms with Crippen molar-refractivity contribution in [1.29, 1.82) is 0 Å². The maximum absolute atomic E-state index is 6.15. The fraction of sp³-hybridized carbons (Fsp3) is 0.385. The van der Waals surface area contributed by atoms with Crippen molar-refractivity contribution >= 4 is 0 Å². The highest BCUT2D eigenvalue weighted by molar-refractivity contribution is 5.16. The van der Waals surface area contributed by atoms with E-state index in [0.717, 1.165) is 29.9 Å². The van der Waals surface area contributed by atoms with Crippen molar-refractivity contribution in [3.8, 4) is 0 Å². The van der Waals surface area contributed by atoms with Crippen molar-refractivity contribution in [3.05, 3.63) is 47.5 Å². The Morgan fingerprint density at radius 2 is 2.24 bits per heavy atom. The van der Waals surface area contributed by atoms with Crippen LogP contribution in [0.2, 0.25) is 0 Å². The second-order valence-electron chi connectivity index (χ2n) is 4.22. The van der Waals surface area contributed by atoms with Gasteiger partial charge in [-0.1, -0.05) is 6.07 Å². The largest absolute Gasteiger partial charge is 0.322 e. The molecule has 4 nitrogen and oxygen atoms in total. The van der Waals surface area contributed by atoms with E-state index in [2.05, 4.69) is 17.0 Å². The molecule has 1 atom stereocenters. The van der Waals surface area contributed by atoms with Gasteiger partial charge < -0.3 is 5.73 Å². The number of nitrogens with zero attached hydrogens (tertiary/aromatic N) is 3. The molecule has 17 heavy (non-hydrogen) atoms. The van der Waals surface area contributed by atoms with Crippen LogP contribution < -0.4 is 5.73 Å². The van der Waals surface area contributed by atoms with Crippen LogP contribution in [0.3, 0.4) is 0 Å². The van der Waals surface area contributed by atoms with Crippen LogP contribution in [0.25, 0.3) is 0 Å². The van der Waals surface area contributed by atoms with E-state index >= 15 is 0 Å². The summed E-state index contributed by atoms with van der Waals surface area (Å²) in [4.78, 5) is 4.44. The molecule has 2 aromatic heterocycles. The number of pyridine rings is 1. The van der Waals surface area contributed by atoms with Gasteiger partial charge in [0.2, 0.25) is 0 Å². The maximum Gasteiger partial charge on any atom is 0.0577 e. The first-order valence-electron chi connectivity index (χ1n) is 5.89. The number of aromatic nitrogens is 3. The van der Waals surface area contributed by atoms with Crippen LogP contribution >= 0.6 is 0 Å². The van der Waals surface area contributed by atoms with Crippen LogP contribution in [0.1, 0.15) is 29.9 Å². The quantitative estimate of drug-likeness (QED) is 0.872. The van der Waals surface area contributed by atoms with Crippen molar-refractivity contribution in [2.75, 3.05) is 0 Å². The molecule has 0 aromatic carbocycles. The zero-order valence-corrected chi connectivity index (χ0v) is 10.3. The number of hydrogen-bond donors (Lipinski definition) is 1. The lowest BCUT2D eigenvalue weighted by Crippen LogP contribution is -2.15. The normalized spacial score (nSPS) is 12.6. The van der Waals surface area contributed by atoms with E-state index in [9.17, 15) is 0 Å². The van der Waals surface area contributed by atoms with E-state index in [1.807, 2.05) is 42.2 Å². The van der Waals surface area contributed by atoms with Crippen LogP contribution in [0.5, 0.6) is 0 Å². The molecule has 0 bridgehead atoms. The summed E-state index contributed by atoms with van der Waals surface area (Å²) in [6.45, 7) is 4.93. The first kappa shape index (κ1) is 11.8. The van der Waals surface area contributed by atoms with Crippen LogP contribution in [-0.2, 0) is 13.0 Å². The Balaban J connectivity index is 2.08. The zero-order chi connectivity index (χ0) is 12.3. The average Bonchev–Trinajstić information content (AvgIpc) is 2.77. The Morgan fingerprint density at radius 1 is 1.41 bits per heavy atom. The summed E-state index contributed by atoms with van der Waals surface area (Å²) in [5.74, 6) is 0. The van der Waals surface area contributed by atoms with Gasteiger partial charge in [0.15, 0.2) is 0 Å². The van der Waals surface area contributed by atoms with Gasteiger partial charge >= 0.3 is 0 Å². The van der Waals surface area contributed by atoms with Gasteiger partial charge in [0.05, 0.1) is 17.9 Å². The molecule has 1 unspecified atom stereocenters. The van der Waals surface area contributed by atoms with E-state index in [4.69, 9.17) is 5.73 Å². The third-order valence-corrected chi connectivity index (χ3v) is 2.76. The highest BCUT2D eigenvalue weighted by Gasteiger charge is 2.09. The maximum atomic E-state index is 6.15. The fourth-order valence-electron chi connectivity index (χ4n) is 1.81. The monoisotopic (exact) mass is 230 g/mol. The molecule has 90 valence electrons. The van der Waals surface area contributed by atoms with Gasteiger partial charge in [-0.2, -0.15) is 5.10 Å². The van der Waals surface area contributed by atoms with E-state index in [1.165, 1.54) is 0 Å². The fourth-order valence-corrected chi connectivity index (χ4v) is 1.81. The van der Waals surface area contributed by atoms with Gasteiger partial charge in [0, 0.05) is 18.4 Å². The smallest absolute Gasteiger partial charge is 0.0577 e. The summed E-state index contributed by atoms with van der Waals surface area (Å²) in [6, 6.07) is 5.88. The summed E-state index contributed by atoms with van der Waals surface area (Å²) in [6.07, 6.45) is 4.69.